The van der Waals surface area contributed by atoms with Gasteiger partial charge < -0.3 is 9.47 Å². The highest BCUT2D eigenvalue weighted by Crippen LogP contribution is 2.24. The van der Waals surface area contributed by atoms with E-state index in [-0.39, 0.29) is 6.10 Å². The Hall–Kier alpha value is -1.40. The molecule has 2 aromatic rings. The number of fused-ring (bicyclic) bond motifs is 1. The van der Waals surface area contributed by atoms with E-state index in [2.05, 4.69) is 15.1 Å². The van der Waals surface area contributed by atoms with Gasteiger partial charge in [0.2, 0.25) is 5.88 Å². The van der Waals surface area contributed by atoms with Crippen molar-refractivity contribution in [3.05, 3.63) is 17.0 Å². The molecule has 0 aromatic carbocycles. The highest BCUT2D eigenvalue weighted by Gasteiger charge is 2.15. The van der Waals surface area contributed by atoms with Crippen LogP contribution in [0.25, 0.3) is 5.78 Å². The molecule has 17 heavy (non-hydrogen) atoms. The van der Waals surface area contributed by atoms with Crippen molar-refractivity contribution in [2.45, 2.75) is 20.0 Å². The smallest absolute Gasteiger partial charge is 0.256 e. The molecule has 0 aliphatic heterocycles. The van der Waals surface area contributed by atoms with Crippen molar-refractivity contribution in [3.63, 3.8) is 0 Å². The number of hydrogen-bond donors (Lipinski definition) is 0. The van der Waals surface area contributed by atoms with Crippen LogP contribution in [0.15, 0.2) is 6.33 Å². The molecule has 0 aliphatic carbocycles. The predicted octanol–water partition coefficient (Wildman–Crippen LogP) is 1.50. The number of methoxy groups -OCH3 is 1. The van der Waals surface area contributed by atoms with E-state index in [1.54, 1.807) is 7.11 Å². The molecule has 2 rings (SSSR count). The largest absolute Gasteiger partial charge is 0.472 e. The second kappa shape index (κ2) is 4.85. The lowest BCUT2D eigenvalue weighted by Gasteiger charge is -2.16. The highest BCUT2D eigenvalue weighted by molar-refractivity contribution is 6.30. The van der Waals surface area contributed by atoms with Crippen molar-refractivity contribution in [1.82, 2.24) is 19.6 Å². The summed E-state index contributed by atoms with van der Waals surface area (Å²) in [5, 5.41) is 4.42. The molecule has 0 saturated carbocycles. The number of hydrogen-bond acceptors (Lipinski definition) is 5. The minimum absolute atomic E-state index is 0.107. The molecule has 92 valence electrons. The first-order valence-electron chi connectivity index (χ1n) is 5.15. The van der Waals surface area contributed by atoms with Gasteiger partial charge in [0.05, 0.1) is 6.61 Å². The minimum atomic E-state index is -0.107. The van der Waals surface area contributed by atoms with Gasteiger partial charge in [0.15, 0.2) is 0 Å². The van der Waals surface area contributed by atoms with Crippen molar-refractivity contribution in [1.29, 1.82) is 0 Å². The minimum Gasteiger partial charge on any atom is -0.472 e. The summed E-state index contributed by atoms with van der Waals surface area (Å²) in [6, 6.07) is 0. The van der Waals surface area contributed by atoms with Crippen molar-refractivity contribution in [2.75, 3.05) is 13.7 Å². The first kappa shape index (κ1) is 12.1. The molecule has 2 aromatic heterocycles. The summed E-state index contributed by atoms with van der Waals surface area (Å²) in [6.45, 7) is 4.21. The Balaban J connectivity index is 2.43. The highest BCUT2D eigenvalue weighted by atomic mass is 35.5. The summed E-state index contributed by atoms with van der Waals surface area (Å²) in [5.41, 5.74) is 0.729. The topological polar surface area (TPSA) is 61.5 Å². The summed E-state index contributed by atoms with van der Waals surface area (Å²) in [7, 11) is 1.62. The molecule has 6 nitrogen and oxygen atoms in total. The molecule has 0 fully saturated rings. The Bertz CT molecular complexity index is 528. The van der Waals surface area contributed by atoms with Gasteiger partial charge in [0.25, 0.3) is 5.78 Å². The molecular formula is C10H13ClN4O2. The van der Waals surface area contributed by atoms with Crippen LogP contribution < -0.4 is 4.74 Å². The molecule has 1 unspecified atom stereocenters. The number of nitrogens with zero attached hydrogens (tertiary/aromatic N) is 4. The van der Waals surface area contributed by atoms with Gasteiger partial charge in [-0.25, -0.2) is 0 Å². The molecular weight excluding hydrogens is 244 g/mol. The van der Waals surface area contributed by atoms with Gasteiger partial charge in [-0.2, -0.15) is 19.6 Å². The summed E-state index contributed by atoms with van der Waals surface area (Å²) in [5.74, 6) is 0.960. The molecule has 0 N–H and O–H groups in total. The van der Waals surface area contributed by atoms with Crippen molar-refractivity contribution >= 4 is 17.4 Å². The van der Waals surface area contributed by atoms with Crippen LogP contribution in [0.1, 0.15) is 12.5 Å². The van der Waals surface area contributed by atoms with Gasteiger partial charge >= 0.3 is 0 Å². The van der Waals surface area contributed by atoms with E-state index in [1.165, 1.54) is 10.8 Å². The van der Waals surface area contributed by atoms with Crippen LogP contribution in [-0.4, -0.2) is 39.4 Å². The van der Waals surface area contributed by atoms with E-state index >= 15 is 0 Å². The average Bonchev–Trinajstić information content (AvgIpc) is 2.72. The van der Waals surface area contributed by atoms with Crippen LogP contribution in [0.4, 0.5) is 0 Å². The van der Waals surface area contributed by atoms with Crippen LogP contribution in [0.3, 0.4) is 0 Å². The Morgan fingerprint density at radius 2 is 2.29 bits per heavy atom. The SMILES string of the molecule is COCC(C)Oc1c(C)c(Cl)nc2ncnn12. The van der Waals surface area contributed by atoms with Crippen molar-refractivity contribution in [2.24, 2.45) is 0 Å². The molecule has 0 amide bonds. The van der Waals surface area contributed by atoms with Gasteiger partial charge in [-0.1, -0.05) is 11.6 Å². The Kier molecular flexibility index (Phi) is 3.44. The fraction of sp³-hybridized carbons (Fsp3) is 0.500. The molecule has 0 aliphatic rings. The summed E-state index contributed by atoms with van der Waals surface area (Å²) in [6.07, 6.45) is 1.30. The third-order valence-electron chi connectivity index (χ3n) is 2.26. The van der Waals surface area contributed by atoms with E-state index in [1.807, 2.05) is 13.8 Å². The Morgan fingerprint density at radius 3 is 3.00 bits per heavy atom. The van der Waals surface area contributed by atoms with Gasteiger partial charge in [0, 0.05) is 12.7 Å². The summed E-state index contributed by atoms with van der Waals surface area (Å²) < 4.78 is 12.3. The Morgan fingerprint density at radius 1 is 1.53 bits per heavy atom. The van der Waals surface area contributed by atoms with Gasteiger partial charge in [0.1, 0.15) is 17.6 Å². The number of aromatic nitrogens is 4. The molecule has 0 bridgehead atoms. The zero-order chi connectivity index (χ0) is 12.4. The normalized spacial score (nSPS) is 12.9. The standard InChI is InChI=1S/C10H13ClN4O2/c1-6(4-16-3)17-9-7(2)8(11)14-10-12-5-13-15(9)10/h5-6H,4H2,1-3H3. The second-order valence-electron chi connectivity index (χ2n) is 3.69. The second-order valence-corrected chi connectivity index (χ2v) is 4.05. The van der Waals surface area contributed by atoms with Gasteiger partial charge in [-0.15, -0.1) is 0 Å². The third kappa shape index (κ3) is 2.32. The molecule has 0 radical (unpaired) electrons. The van der Waals surface area contributed by atoms with Crippen LogP contribution in [0.5, 0.6) is 5.88 Å². The van der Waals surface area contributed by atoms with Crippen molar-refractivity contribution < 1.29 is 9.47 Å². The molecule has 2 heterocycles. The predicted molar refractivity (Wildman–Crippen MR) is 62.5 cm³/mol. The van der Waals surface area contributed by atoms with E-state index in [4.69, 9.17) is 21.1 Å². The van der Waals surface area contributed by atoms with E-state index < -0.39 is 0 Å². The molecule has 0 spiro atoms. The Labute approximate surface area is 104 Å². The van der Waals surface area contributed by atoms with Crippen LogP contribution >= 0.6 is 11.6 Å². The molecule has 1 atom stereocenters. The quantitative estimate of drug-likeness (QED) is 0.776. The van der Waals surface area contributed by atoms with E-state index in [0.717, 1.165) is 5.56 Å². The van der Waals surface area contributed by atoms with Crippen LogP contribution in [-0.2, 0) is 4.74 Å². The maximum atomic E-state index is 6.01. The van der Waals surface area contributed by atoms with Crippen molar-refractivity contribution in [3.8, 4) is 5.88 Å². The van der Waals surface area contributed by atoms with Crippen LogP contribution in [0.2, 0.25) is 5.15 Å². The van der Waals surface area contributed by atoms with Crippen LogP contribution in [0, 0.1) is 6.92 Å². The third-order valence-corrected chi connectivity index (χ3v) is 2.63. The maximum absolute atomic E-state index is 6.01. The average molecular weight is 257 g/mol. The molecule has 0 saturated heterocycles. The summed E-state index contributed by atoms with van der Waals surface area (Å²) >= 11 is 6.01. The zero-order valence-corrected chi connectivity index (χ0v) is 10.6. The fourth-order valence-corrected chi connectivity index (χ4v) is 1.63. The zero-order valence-electron chi connectivity index (χ0n) is 9.85. The molecule has 7 heteroatoms. The number of ether oxygens (including phenoxy) is 2. The summed E-state index contributed by atoms with van der Waals surface area (Å²) in [4.78, 5) is 8.07. The maximum Gasteiger partial charge on any atom is 0.256 e. The first-order valence-corrected chi connectivity index (χ1v) is 5.52. The number of rotatable bonds is 4. The fourth-order valence-electron chi connectivity index (χ4n) is 1.47. The van der Waals surface area contributed by atoms with E-state index in [9.17, 15) is 0 Å². The van der Waals surface area contributed by atoms with Gasteiger partial charge in [-0.3, -0.25) is 0 Å². The first-order chi connectivity index (χ1) is 8.13. The monoisotopic (exact) mass is 256 g/mol. The lowest BCUT2D eigenvalue weighted by atomic mass is 10.3. The lowest BCUT2D eigenvalue weighted by molar-refractivity contribution is 0.0867. The van der Waals surface area contributed by atoms with Gasteiger partial charge in [-0.05, 0) is 13.8 Å². The van der Waals surface area contributed by atoms with E-state index in [0.29, 0.717) is 23.4 Å². The lowest BCUT2D eigenvalue weighted by Crippen LogP contribution is -2.20. The number of halogens is 1.